The molecule has 0 bridgehead atoms. The second-order valence-corrected chi connectivity index (χ2v) is 14.9. The maximum atomic E-state index is 14.2. The van der Waals surface area contributed by atoms with Crippen LogP contribution in [-0.2, 0) is 31.3 Å². The lowest BCUT2D eigenvalue weighted by atomic mass is 9.85. The molecule has 200 valence electrons. The summed E-state index contributed by atoms with van der Waals surface area (Å²) in [6.07, 6.45) is -0.403. The van der Waals surface area contributed by atoms with Gasteiger partial charge in [0.05, 0.1) is 5.25 Å². The fraction of sp³-hybridized carbons (Fsp3) is 0.654. The van der Waals surface area contributed by atoms with Crippen molar-refractivity contribution in [3.05, 3.63) is 29.3 Å². The zero-order valence-electron chi connectivity index (χ0n) is 22.8. The minimum Gasteiger partial charge on any atom is -0.443 e. The zero-order chi connectivity index (χ0) is 27.5. The highest BCUT2D eigenvalue weighted by Gasteiger charge is 2.60. The third-order valence-electron chi connectivity index (χ3n) is 6.55. The van der Waals surface area contributed by atoms with E-state index in [1.165, 1.54) is 13.8 Å². The molecule has 3 rings (SSSR count). The minimum atomic E-state index is -3.98. The predicted octanol–water partition coefficient (Wildman–Crippen LogP) is 4.97. The summed E-state index contributed by atoms with van der Waals surface area (Å²) < 4.78 is 37.8. The highest BCUT2D eigenvalue weighted by molar-refractivity contribution is 7.94. The topological polar surface area (TPSA) is 128 Å². The van der Waals surface area contributed by atoms with Crippen LogP contribution in [0.3, 0.4) is 0 Å². The molecular weight excluding hydrogens is 482 g/mol. The Labute approximate surface area is 214 Å². The maximum Gasteiger partial charge on any atom is 0.425 e. The van der Waals surface area contributed by atoms with Gasteiger partial charge in [-0.1, -0.05) is 6.07 Å². The number of imide groups is 1. The van der Waals surface area contributed by atoms with E-state index in [1.54, 1.807) is 60.6 Å². The lowest BCUT2D eigenvalue weighted by Gasteiger charge is -2.46. The third-order valence-corrected chi connectivity index (χ3v) is 9.59. The molecule has 2 amide bonds. The molecule has 2 N–H and O–H groups in total. The van der Waals surface area contributed by atoms with Gasteiger partial charge in [0, 0.05) is 5.69 Å². The summed E-state index contributed by atoms with van der Waals surface area (Å²) in [4.78, 5) is 32.4. The number of carbonyl (C=O) groups excluding carboxylic acids is 2. The molecule has 0 saturated heterocycles. The van der Waals surface area contributed by atoms with Crippen LogP contribution in [0.5, 0.6) is 0 Å². The standard InChI is InChI=1S/C26H39N3O6S/c1-23(2,3)34-21(30)29(22(31)35-24(4,5)6)20-25(7,8)36(32,33)19-12-10-11-16-13-14-17(27)15-18(16)26(19,9)28-20/h13-15,19H,10-12,27H2,1-9H3. The van der Waals surface area contributed by atoms with Gasteiger partial charge in [-0.25, -0.2) is 18.0 Å². The summed E-state index contributed by atoms with van der Waals surface area (Å²) in [6, 6.07) is 5.41. The number of hydrogen-bond donors (Lipinski definition) is 1. The van der Waals surface area contributed by atoms with Crippen molar-refractivity contribution in [2.24, 2.45) is 4.99 Å². The van der Waals surface area contributed by atoms with Crippen molar-refractivity contribution in [3.8, 4) is 0 Å². The lowest BCUT2D eigenvalue weighted by molar-refractivity contribution is 0.0138. The van der Waals surface area contributed by atoms with Gasteiger partial charge in [0.1, 0.15) is 27.3 Å². The van der Waals surface area contributed by atoms with Crippen LogP contribution in [0.4, 0.5) is 15.3 Å². The van der Waals surface area contributed by atoms with Gasteiger partial charge in [0.25, 0.3) is 0 Å². The van der Waals surface area contributed by atoms with E-state index in [4.69, 9.17) is 20.2 Å². The molecule has 36 heavy (non-hydrogen) atoms. The molecule has 2 atom stereocenters. The van der Waals surface area contributed by atoms with Crippen molar-refractivity contribution < 1.29 is 27.5 Å². The number of nitrogens with two attached hydrogens (primary N) is 1. The number of benzene rings is 1. The van der Waals surface area contributed by atoms with E-state index >= 15 is 0 Å². The maximum absolute atomic E-state index is 14.2. The molecule has 2 unspecified atom stereocenters. The molecule has 10 heteroatoms. The van der Waals surface area contributed by atoms with Crippen molar-refractivity contribution in [1.29, 1.82) is 0 Å². The molecule has 0 spiro atoms. The second kappa shape index (κ2) is 8.75. The molecule has 1 heterocycles. The van der Waals surface area contributed by atoms with Crippen LogP contribution in [0.2, 0.25) is 0 Å². The minimum absolute atomic E-state index is 0.236. The van der Waals surface area contributed by atoms with Crippen molar-refractivity contribution in [1.82, 2.24) is 4.90 Å². The molecule has 0 fully saturated rings. The number of amides is 2. The molecule has 0 radical (unpaired) electrons. The number of ether oxygens (including phenoxy) is 2. The average molecular weight is 522 g/mol. The van der Waals surface area contributed by atoms with Crippen LogP contribution < -0.4 is 5.73 Å². The number of carbonyl (C=O) groups is 2. The van der Waals surface area contributed by atoms with E-state index in [0.29, 0.717) is 35.4 Å². The number of hydrogen-bond acceptors (Lipinski definition) is 8. The van der Waals surface area contributed by atoms with Gasteiger partial charge in [-0.2, -0.15) is 4.90 Å². The zero-order valence-corrected chi connectivity index (χ0v) is 23.6. The van der Waals surface area contributed by atoms with Crippen molar-refractivity contribution in [2.45, 2.75) is 108 Å². The van der Waals surface area contributed by atoms with Crippen molar-refractivity contribution in [3.63, 3.8) is 0 Å². The number of fused-ring (bicyclic) bond motifs is 3. The van der Waals surface area contributed by atoms with Gasteiger partial charge in [-0.05, 0) is 105 Å². The third kappa shape index (κ3) is 4.96. The summed E-state index contributed by atoms with van der Waals surface area (Å²) in [5.74, 6) is -0.236. The van der Waals surface area contributed by atoms with Gasteiger partial charge < -0.3 is 15.2 Å². The molecule has 1 aromatic rings. The fourth-order valence-electron chi connectivity index (χ4n) is 4.82. The number of nitrogens with zero attached hydrogens (tertiary/aromatic N) is 2. The number of nitrogen functional groups attached to an aromatic ring is 1. The van der Waals surface area contributed by atoms with Gasteiger partial charge in [-0.3, -0.25) is 4.99 Å². The molecule has 9 nitrogen and oxygen atoms in total. The van der Waals surface area contributed by atoms with Gasteiger partial charge in [0.15, 0.2) is 9.84 Å². The first kappa shape index (κ1) is 28.0. The first-order chi connectivity index (χ1) is 16.2. The number of anilines is 1. The van der Waals surface area contributed by atoms with E-state index in [2.05, 4.69) is 0 Å². The first-order valence-corrected chi connectivity index (χ1v) is 13.7. The Balaban J connectivity index is 2.34. The molecule has 0 aromatic heterocycles. The monoisotopic (exact) mass is 521 g/mol. The smallest absolute Gasteiger partial charge is 0.425 e. The summed E-state index contributed by atoms with van der Waals surface area (Å²) in [7, 11) is -3.98. The summed E-state index contributed by atoms with van der Waals surface area (Å²) >= 11 is 0. The van der Waals surface area contributed by atoms with Crippen molar-refractivity contribution in [2.75, 3.05) is 5.73 Å². The number of aliphatic imine (C=N–C) groups is 1. The number of aryl methyl sites for hydroxylation is 1. The van der Waals surface area contributed by atoms with Gasteiger partial charge >= 0.3 is 12.2 Å². The Morgan fingerprint density at radius 2 is 1.56 bits per heavy atom. The molecule has 1 aromatic carbocycles. The molecular formula is C26H39N3O6S. The van der Waals surface area contributed by atoms with E-state index in [-0.39, 0.29) is 5.84 Å². The molecule has 1 aliphatic carbocycles. The number of sulfone groups is 1. The molecule has 2 aliphatic rings. The second-order valence-electron chi connectivity index (χ2n) is 12.2. The van der Waals surface area contributed by atoms with E-state index in [0.717, 1.165) is 5.56 Å². The first-order valence-electron chi connectivity index (χ1n) is 12.2. The summed E-state index contributed by atoms with van der Waals surface area (Å²) in [6.45, 7) is 14.6. The Bertz CT molecular complexity index is 1180. The predicted molar refractivity (Wildman–Crippen MR) is 140 cm³/mol. The van der Waals surface area contributed by atoms with Crippen LogP contribution >= 0.6 is 0 Å². The van der Waals surface area contributed by atoms with E-state index in [1.807, 2.05) is 6.07 Å². The lowest BCUT2D eigenvalue weighted by Crippen LogP contribution is -2.64. The Morgan fingerprint density at radius 3 is 2.06 bits per heavy atom. The normalized spacial score (nSPS) is 24.9. The Morgan fingerprint density at radius 1 is 1.03 bits per heavy atom. The highest BCUT2D eigenvalue weighted by Crippen LogP contribution is 2.48. The highest BCUT2D eigenvalue weighted by atomic mass is 32.2. The molecule has 1 aliphatic heterocycles. The van der Waals surface area contributed by atoms with Gasteiger partial charge in [0.2, 0.25) is 0 Å². The molecule has 0 saturated carbocycles. The van der Waals surface area contributed by atoms with Crippen LogP contribution in [0.1, 0.15) is 86.3 Å². The largest absolute Gasteiger partial charge is 0.443 e. The average Bonchev–Trinajstić information content (AvgIpc) is 2.81. The Kier molecular flexibility index (Phi) is 6.79. The van der Waals surface area contributed by atoms with Gasteiger partial charge in [-0.15, -0.1) is 0 Å². The van der Waals surface area contributed by atoms with E-state index in [9.17, 15) is 18.0 Å². The Hall–Kier alpha value is -2.62. The van der Waals surface area contributed by atoms with Crippen LogP contribution in [0.15, 0.2) is 23.2 Å². The van der Waals surface area contributed by atoms with Crippen LogP contribution in [0, 0.1) is 0 Å². The number of amidine groups is 1. The fourth-order valence-corrected chi connectivity index (χ4v) is 7.19. The van der Waals surface area contributed by atoms with E-state index < -0.39 is 48.8 Å². The van der Waals surface area contributed by atoms with Crippen LogP contribution in [-0.4, -0.2) is 52.5 Å². The summed E-state index contributed by atoms with van der Waals surface area (Å²) in [5, 5.41) is -0.870. The van der Waals surface area contributed by atoms with Crippen LogP contribution in [0.25, 0.3) is 0 Å². The number of rotatable bonds is 0. The van der Waals surface area contributed by atoms with Crippen molar-refractivity contribution >= 4 is 33.5 Å². The SMILES string of the molecule is CC(C)(C)OC(=O)N(C(=O)OC(C)(C)C)C1=NC2(C)c3cc(N)ccc3CCCC2S(=O)(=O)C1(C)C. The summed E-state index contributed by atoms with van der Waals surface area (Å²) in [5.41, 5.74) is 5.01. The quantitative estimate of drug-likeness (QED) is 0.477.